The van der Waals surface area contributed by atoms with Crippen molar-refractivity contribution in [2.45, 2.75) is 32.4 Å². The maximum atomic E-state index is 12.1. The van der Waals surface area contributed by atoms with Gasteiger partial charge in [-0.3, -0.25) is 19.5 Å². The molecule has 1 aliphatic heterocycles. The van der Waals surface area contributed by atoms with E-state index in [0.717, 1.165) is 24.2 Å². The number of aromatic nitrogens is 2. The summed E-state index contributed by atoms with van der Waals surface area (Å²) in [5, 5.41) is 2.95. The fourth-order valence-electron chi connectivity index (χ4n) is 3.10. The average molecular weight is 271 g/mol. The van der Waals surface area contributed by atoms with Crippen molar-refractivity contribution in [3.63, 3.8) is 0 Å². The second-order valence-electron chi connectivity index (χ2n) is 5.43. The Morgan fingerprint density at radius 1 is 1.30 bits per heavy atom. The summed E-state index contributed by atoms with van der Waals surface area (Å²) in [6, 6.07) is 10.4. The Morgan fingerprint density at radius 2 is 2.10 bits per heavy atom. The number of likely N-dealkylation sites (tertiary alicyclic amines) is 1. The summed E-state index contributed by atoms with van der Waals surface area (Å²) in [4.78, 5) is 14.6. The van der Waals surface area contributed by atoms with Crippen molar-refractivity contribution in [1.29, 1.82) is 0 Å². The highest BCUT2D eigenvalue weighted by molar-refractivity contribution is 5.61. The molecule has 1 aromatic heterocycles. The molecule has 1 atom stereocenters. The summed E-state index contributed by atoms with van der Waals surface area (Å²) in [5.74, 6) is 0. The van der Waals surface area contributed by atoms with Gasteiger partial charge >= 0.3 is 0 Å². The van der Waals surface area contributed by atoms with Gasteiger partial charge in [0.15, 0.2) is 0 Å². The standard InChI is InChI=1S/C16H21N3O/c1-2-18-10-6-9-14(18)11-19-12-15(16(20)17-19)13-7-4-3-5-8-13/h3-5,7-8,12,14H,2,6,9-11H2,1H3,(H,17,20)/t14-/m0/s1. The van der Waals surface area contributed by atoms with Crippen LogP contribution in [0.5, 0.6) is 0 Å². The van der Waals surface area contributed by atoms with Crippen LogP contribution in [0, 0.1) is 0 Å². The van der Waals surface area contributed by atoms with Crippen LogP contribution in [0.15, 0.2) is 41.3 Å². The van der Waals surface area contributed by atoms with E-state index in [2.05, 4.69) is 16.9 Å². The molecule has 1 N–H and O–H groups in total. The lowest BCUT2D eigenvalue weighted by Gasteiger charge is -2.22. The smallest absolute Gasteiger partial charge is 0.271 e. The zero-order valence-corrected chi connectivity index (χ0v) is 11.9. The molecule has 20 heavy (non-hydrogen) atoms. The summed E-state index contributed by atoms with van der Waals surface area (Å²) >= 11 is 0. The number of likely N-dealkylation sites (N-methyl/N-ethyl adjacent to an activating group) is 1. The van der Waals surface area contributed by atoms with Crippen LogP contribution in [0.4, 0.5) is 0 Å². The summed E-state index contributed by atoms with van der Waals surface area (Å²) in [7, 11) is 0. The number of benzene rings is 1. The van der Waals surface area contributed by atoms with Crippen molar-refractivity contribution in [1.82, 2.24) is 14.7 Å². The van der Waals surface area contributed by atoms with Crippen molar-refractivity contribution in [3.05, 3.63) is 46.9 Å². The molecule has 0 spiro atoms. The van der Waals surface area contributed by atoms with Gasteiger partial charge in [-0.05, 0) is 31.5 Å². The van der Waals surface area contributed by atoms with Gasteiger partial charge in [0.05, 0.1) is 12.1 Å². The zero-order chi connectivity index (χ0) is 13.9. The number of rotatable bonds is 4. The van der Waals surface area contributed by atoms with Crippen LogP contribution in [0.25, 0.3) is 11.1 Å². The van der Waals surface area contributed by atoms with Crippen LogP contribution in [0.2, 0.25) is 0 Å². The highest BCUT2D eigenvalue weighted by atomic mass is 16.1. The molecule has 1 fully saturated rings. The third-order valence-electron chi connectivity index (χ3n) is 4.17. The van der Waals surface area contributed by atoms with E-state index in [1.54, 1.807) is 0 Å². The van der Waals surface area contributed by atoms with Gasteiger partial charge in [-0.25, -0.2) is 0 Å². The third kappa shape index (κ3) is 2.56. The van der Waals surface area contributed by atoms with Gasteiger partial charge < -0.3 is 0 Å². The van der Waals surface area contributed by atoms with Crippen LogP contribution in [-0.2, 0) is 6.54 Å². The molecule has 0 bridgehead atoms. The van der Waals surface area contributed by atoms with Gasteiger partial charge in [-0.15, -0.1) is 0 Å². The fraction of sp³-hybridized carbons (Fsp3) is 0.438. The van der Waals surface area contributed by atoms with Crippen molar-refractivity contribution >= 4 is 0 Å². The van der Waals surface area contributed by atoms with Crippen LogP contribution in [-0.4, -0.2) is 33.8 Å². The quantitative estimate of drug-likeness (QED) is 0.927. The molecular formula is C16H21N3O. The maximum absolute atomic E-state index is 12.1. The van der Waals surface area contributed by atoms with Gasteiger partial charge in [0, 0.05) is 12.2 Å². The van der Waals surface area contributed by atoms with Gasteiger partial charge in [-0.2, -0.15) is 0 Å². The molecular weight excluding hydrogens is 250 g/mol. The molecule has 1 saturated heterocycles. The van der Waals surface area contributed by atoms with Crippen molar-refractivity contribution in [3.8, 4) is 11.1 Å². The van der Waals surface area contributed by atoms with Crippen molar-refractivity contribution in [2.24, 2.45) is 0 Å². The monoisotopic (exact) mass is 271 g/mol. The lowest BCUT2D eigenvalue weighted by molar-refractivity contribution is 0.238. The number of hydrogen-bond acceptors (Lipinski definition) is 2. The van der Waals surface area contributed by atoms with E-state index < -0.39 is 0 Å². The molecule has 1 aliphatic rings. The van der Waals surface area contributed by atoms with E-state index in [-0.39, 0.29) is 5.56 Å². The topological polar surface area (TPSA) is 41.0 Å². The van der Waals surface area contributed by atoms with E-state index in [0.29, 0.717) is 6.04 Å². The Balaban J connectivity index is 1.81. The predicted octanol–water partition coefficient (Wildman–Crippen LogP) is 2.33. The lowest BCUT2D eigenvalue weighted by atomic mass is 10.1. The molecule has 2 heterocycles. The Kier molecular flexibility index (Phi) is 3.74. The third-order valence-corrected chi connectivity index (χ3v) is 4.17. The SMILES string of the molecule is CCN1CCC[C@H]1Cn1cc(-c2ccccc2)c(=O)[nH]1. The van der Waals surface area contributed by atoms with E-state index in [4.69, 9.17) is 0 Å². The molecule has 0 amide bonds. The molecule has 4 heteroatoms. The first kappa shape index (κ1) is 13.2. The van der Waals surface area contributed by atoms with Crippen molar-refractivity contribution < 1.29 is 0 Å². The van der Waals surface area contributed by atoms with E-state index >= 15 is 0 Å². The first-order valence-corrected chi connectivity index (χ1v) is 7.37. The summed E-state index contributed by atoms with van der Waals surface area (Å²) in [5.41, 5.74) is 1.73. The van der Waals surface area contributed by atoms with E-state index in [9.17, 15) is 4.79 Å². The zero-order valence-electron chi connectivity index (χ0n) is 11.9. The number of nitrogens with zero attached hydrogens (tertiary/aromatic N) is 2. The number of aromatic amines is 1. The van der Waals surface area contributed by atoms with Crippen LogP contribution >= 0.6 is 0 Å². The molecule has 3 rings (SSSR count). The van der Waals surface area contributed by atoms with Gasteiger partial charge in [0.25, 0.3) is 5.56 Å². The van der Waals surface area contributed by atoms with E-state index in [1.165, 1.54) is 19.4 Å². The summed E-state index contributed by atoms with van der Waals surface area (Å²) in [6.07, 6.45) is 4.42. The van der Waals surface area contributed by atoms with Crippen molar-refractivity contribution in [2.75, 3.05) is 13.1 Å². The van der Waals surface area contributed by atoms with E-state index in [1.807, 2.05) is 41.2 Å². The molecule has 0 unspecified atom stereocenters. The molecule has 0 radical (unpaired) electrons. The Hall–Kier alpha value is -1.81. The molecule has 0 aliphatic carbocycles. The minimum Gasteiger partial charge on any atom is -0.299 e. The molecule has 4 nitrogen and oxygen atoms in total. The lowest BCUT2D eigenvalue weighted by Crippen LogP contribution is -2.33. The van der Waals surface area contributed by atoms with Gasteiger partial charge in [0.1, 0.15) is 0 Å². The van der Waals surface area contributed by atoms with Gasteiger partial charge in [-0.1, -0.05) is 37.3 Å². The average Bonchev–Trinajstić information content (AvgIpc) is 3.06. The minimum atomic E-state index is -0.00255. The minimum absolute atomic E-state index is 0.00255. The van der Waals surface area contributed by atoms with Crippen LogP contribution in [0.1, 0.15) is 19.8 Å². The molecule has 106 valence electrons. The number of nitrogens with one attached hydrogen (secondary N) is 1. The largest absolute Gasteiger partial charge is 0.299 e. The number of H-pyrrole nitrogens is 1. The fourth-order valence-corrected chi connectivity index (χ4v) is 3.10. The normalized spacial score (nSPS) is 19.6. The summed E-state index contributed by atoms with van der Waals surface area (Å²) < 4.78 is 1.95. The first-order valence-electron chi connectivity index (χ1n) is 7.37. The Morgan fingerprint density at radius 3 is 2.85 bits per heavy atom. The highest BCUT2D eigenvalue weighted by Crippen LogP contribution is 2.19. The Bertz CT molecular complexity index is 614. The van der Waals surface area contributed by atoms with Crippen LogP contribution in [0.3, 0.4) is 0 Å². The molecule has 2 aromatic rings. The van der Waals surface area contributed by atoms with Crippen LogP contribution < -0.4 is 5.56 Å². The maximum Gasteiger partial charge on any atom is 0.271 e. The number of hydrogen-bond donors (Lipinski definition) is 1. The molecule has 0 saturated carbocycles. The second kappa shape index (κ2) is 5.67. The summed E-state index contributed by atoms with van der Waals surface area (Å²) in [6.45, 7) is 5.34. The molecule has 1 aromatic carbocycles. The first-order chi connectivity index (χ1) is 9.78. The van der Waals surface area contributed by atoms with Gasteiger partial charge in [0.2, 0.25) is 0 Å². The predicted molar refractivity (Wildman–Crippen MR) is 80.8 cm³/mol. The highest BCUT2D eigenvalue weighted by Gasteiger charge is 2.23. The second-order valence-corrected chi connectivity index (χ2v) is 5.43. The Labute approximate surface area is 119 Å².